The Labute approximate surface area is 222 Å². The molecule has 10 nitrogen and oxygen atoms in total. The van der Waals surface area contributed by atoms with Crippen LogP contribution in [0.4, 0.5) is 25.4 Å². The van der Waals surface area contributed by atoms with Crippen molar-refractivity contribution < 1.29 is 28.6 Å². The number of benzene rings is 2. The number of urea groups is 2. The number of carbonyl (C=O) groups is 3. The molecule has 0 saturated carbocycles. The molecule has 1 heterocycles. The monoisotopic (exact) mass is 529 g/mol. The van der Waals surface area contributed by atoms with E-state index in [4.69, 9.17) is 4.74 Å². The van der Waals surface area contributed by atoms with Gasteiger partial charge in [-0.25, -0.2) is 14.0 Å². The molecule has 3 rings (SSSR count). The lowest BCUT2D eigenvalue weighted by Crippen LogP contribution is -2.51. The van der Waals surface area contributed by atoms with Crippen LogP contribution in [0.25, 0.3) is 0 Å². The van der Waals surface area contributed by atoms with Crippen molar-refractivity contribution >= 4 is 29.3 Å². The summed E-state index contributed by atoms with van der Waals surface area (Å²) < 4.78 is 19.4. The zero-order valence-corrected chi connectivity index (χ0v) is 22.3. The molecule has 0 aliphatic carbocycles. The molecule has 0 fully saturated rings. The molecule has 0 radical (unpaired) electrons. The Morgan fingerprint density at radius 3 is 2.39 bits per heavy atom. The van der Waals surface area contributed by atoms with E-state index in [0.29, 0.717) is 23.7 Å². The van der Waals surface area contributed by atoms with Gasteiger partial charge in [-0.05, 0) is 63.2 Å². The van der Waals surface area contributed by atoms with Gasteiger partial charge in [0.15, 0.2) is 0 Å². The molecule has 1 aliphatic heterocycles. The summed E-state index contributed by atoms with van der Waals surface area (Å²) in [6.45, 7) is 7.78. The second-order valence-corrected chi connectivity index (χ2v) is 9.90. The standard InChI is InChI=1S/C27H36FN5O5/c1-16(2)29-27(37)32(5)14-24-17(3)13-33(18(4)15-34)25(35)22-12-21(10-11-23(22)38-24)31-26(36)30-20-8-6-19(28)7-9-20/h6-12,16-18,24,34H,13-15H2,1-5H3,(H,29,37)(H2,30,31,36)/t17-,18-,24+/m1/s1. The molecule has 2 aromatic rings. The molecule has 0 saturated heterocycles. The highest BCUT2D eigenvalue weighted by Gasteiger charge is 2.34. The predicted molar refractivity (Wildman–Crippen MR) is 143 cm³/mol. The van der Waals surface area contributed by atoms with E-state index in [1.165, 1.54) is 30.3 Å². The summed E-state index contributed by atoms with van der Waals surface area (Å²) in [4.78, 5) is 41.7. The maximum absolute atomic E-state index is 13.6. The summed E-state index contributed by atoms with van der Waals surface area (Å²) >= 11 is 0. The van der Waals surface area contributed by atoms with E-state index in [-0.39, 0.29) is 42.6 Å². The number of fused-ring (bicyclic) bond motifs is 1. The Balaban J connectivity index is 1.86. The number of ether oxygens (including phenoxy) is 1. The van der Waals surface area contributed by atoms with Crippen LogP contribution >= 0.6 is 0 Å². The molecule has 2 aromatic carbocycles. The fourth-order valence-electron chi connectivity index (χ4n) is 4.05. The molecule has 206 valence electrons. The van der Waals surface area contributed by atoms with Gasteiger partial charge in [-0.3, -0.25) is 4.79 Å². The Kier molecular flexibility index (Phi) is 9.51. The maximum Gasteiger partial charge on any atom is 0.323 e. The van der Waals surface area contributed by atoms with Crippen molar-refractivity contribution in [3.05, 3.63) is 53.8 Å². The Hall–Kier alpha value is -3.86. The number of likely N-dealkylation sites (N-methyl/N-ethyl adjacent to an activating group) is 1. The number of amides is 5. The summed E-state index contributed by atoms with van der Waals surface area (Å²) in [5.41, 5.74) is 0.964. The minimum Gasteiger partial charge on any atom is -0.487 e. The second kappa shape index (κ2) is 12.6. The van der Waals surface area contributed by atoms with Crippen LogP contribution in [0.2, 0.25) is 0 Å². The molecule has 1 aliphatic rings. The first-order valence-corrected chi connectivity index (χ1v) is 12.6. The molecule has 0 spiro atoms. The van der Waals surface area contributed by atoms with E-state index < -0.39 is 24.0 Å². The van der Waals surface area contributed by atoms with Gasteiger partial charge in [0, 0.05) is 36.9 Å². The van der Waals surface area contributed by atoms with Crippen LogP contribution < -0.4 is 20.7 Å². The fourth-order valence-corrected chi connectivity index (χ4v) is 4.05. The lowest BCUT2D eigenvalue weighted by atomic mass is 9.99. The lowest BCUT2D eigenvalue weighted by molar-refractivity contribution is 0.0366. The third-order valence-electron chi connectivity index (χ3n) is 6.24. The molecule has 3 atom stereocenters. The Morgan fingerprint density at radius 1 is 1.13 bits per heavy atom. The van der Waals surface area contributed by atoms with Gasteiger partial charge in [-0.1, -0.05) is 6.92 Å². The zero-order valence-electron chi connectivity index (χ0n) is 22.3. The summed E-state index contributed by atoms with van der Waals surface area (Å²) in [5, 5.41) is 18.0. The molecular formula is C27H36FN5O5. The van der Waals surface area contributed by atoms with Gasteiger partial charge in [0.2, 0.25) is 0 Å². The van der Waals surface area contributed by atoms with Gasteiger partial charge < -0.3 is 35.6 Å². The molecule has 11 heteroatoms. The third kappa shape index (κ3) is 7.34. The number of aliphatic hydroxyl groups excluding tert-OH is 1. The van der Waals surface area contributed by atoms with E-state index in [2.05, 4.69) is 16.0 Å². The van der Waals surface area contributed by atoms with Gasteiger partial charge >= 0.3 is 12.1 Å². The minimum atomic E-state index is -0.569. The van der Waals surface area contributed by atoms with Crippen LogP contribution in [0.5, 0.6) is 5.75 Å². The lowest BCUT2D eigenvalue weighted by Gasteiger charge is -2.38. The van der Waals surface area contributed by atoms with E-state index in [9.17, 15) is 23.9 Å². The van der Waals surface area contributed by atoms with E-state index in [0.717, 1.165) is 0 Å². The van der Waals surface area contributed by atoms with Crippen molar-refractivity contribution in [1.29, 1.82) is 0 Å². The first-order chi connectivity index (χ1) is 18.0. The van der Waals surface area contributed by atoms with Crippen molar-refractivity contribution in [3.63, 3.8) is 0 Å². The SMILES string of the molecule is CC(C)NC(=O)N(C)C[C@@H]1Oc2ccc(NC(=O)Nc3ccc(F)cc3)cc2C(=O)N([C@H](C)CO)C[C@H]1C. The fraction of sp³-hybridized carbons (Fsp3) is 0.444. The zero-order chi connectivity index (χ0) is 28.0. The molecule has 0 unspecified atom stereocenters. The van der Waals surface area contributed by atoms with Crippen molar-refractivity contribution in [3.8, 4) is 5.75 Å². The molecule has 38 heavy (non-hydrogen) atoms. The summed E-state index contributed by atoms with van der Waals surface area (Å²) in [6, 6.07) is 8.76. The van der Waals surface area contributed by atoms with Crippen LogP contribution in [0, 0.1) is 11.7 Å². The summed E-state index contributed by atoms with van der Waals surface area (Å²) in [7, 11) is 1.68. The van der Waals surface area contributed by atoms with Crippen molar-refractivity contribution in [2.24, 2.45) is 5.92 Å². The summed E-state index contributed by atoms with van der Waals surface area (Å²) in [5.74, 6) is -0.615. The molecule has 5 amide bonds. The minimum absolute atomic E-state index is 0.0222. The highest BCUT2D eigenvalue weighted by molar-refractivity contribution is 6.02. The molecular weight excluding hydrogens is 493 g/mol. The van der Waals surface area contributed by atoms with Crippen molar-refractivity contribution in [1.82, 2.24) is 15.1 Å². The number of anilines is 2. The van der Waals surface area contributed by atoms with Crippen LogP contribution in [0.1, 0.15) is 38.1 Å². The third-order valence-corrected chi connectivity index (χ3v) is 6.24. The van der Waals surface area contributed by atoms with Crippen LogP contribution in [0.3, 0.4) is 0 Å². The second-order valence-electron chi connectivity index (χ2n) is 9.90. The predicted octanol–water partition coefficient (Wildman–Crippen LogP) is 3.74. The maximum atomic E-state index is 13.6. The number of halogens is 1. The molecule has 0 aromatic heterocycles. The van der Waals surface area contributed by atoms with E-state index in [1.54, 1.807) is 35.9 Å². The van der Waals surface area contributed by atoms with Gasteiger partial charge in [-0.2, -0.15) is 0 Å². The van der Waals surface area contributed by atoms with Crippen LogP contribution in [-0.2, 0) is 0 Å². The number of aliphatic hydroxyl groups is 1. The molecule has 4 N–H and O–H groups in total. The first-order valence-electron chi connectivity index (χ1n) is 12.6. The van der Waals surface area contributed by atoms with Crippen molar-refractivity contribution in [2.45, 2.75) is 45.9 Å². The number of nitrogens with one attached hydrogen (secondary N) is 3. The van der Waals surface area contributed by atoms with Crippen LogP contribution in [-0.4, -0.2) is 77.8 Å². The first kappa shape index (κ1) is 28.7. The number of rotatable bonds is 7. The smallest absolute Gasteiger partial charge is 0.323 e. The Morgan fingerprint density at radius 2 is 1.76 bits per heavy atom. The number of hydrogen-bond acceptors (Lipinski definition) is 5. The average Bonchev–Trinajstić information content (AvgIpc) is 2.86. The largest absolute Gasteiger partial charge is 0.487 e. The van der Waals surface area contributed by atoms with Gasteiger partial charge in [0.05, 0.1) is 24.8 Å². The normalized spacial score (nSPS) is 18.0. The number of hydrogen-bond donors (Lipinski definition) is 4. The van der Waals surface area contributed by atoms with E-state index in [1.807, 2.05) is 20.8 Å². The van der Waals surface area contributed by atoms with Crippen LogP contribution in [0.15, 0.2) is 42.5 Å². The quantitative estimate of drug-likeness (QED) is 0.435. The highest BCUT2D eigenvalue weighted by Crippen LogP contribution is 2.30. The molecule has 0 bridgehead atoms. The van der Waals surface area contributed by atoms with Gasteiger partial charge in [-0.15, -0.1) is 0 Å². The van der Waals surface area contributed by atoms with Crippen molar-refractivity contribution in [2.75, 3.05) is 37.4 Å². The highest BCUT2D eigenvalue weighted by atomic mass is 19.1. The topological polar surface area (TPSA) is 123 Å². The van der Waals surface area contributed by atoms with E-state index >= 15 is 0 Å². The Bertz CT molecular complexity index is 1140. The summed E-state index contributed by atoms with van der Waals surface area (Å²) in [6.07, 6.45) is -0.446. The number of nitrogens with zero attached hydrogens (tertiary/aromatic N) is 2. The number of carbonyl (C=O) groups excluding carboxylic acids is 3. The van der Waals surface area contributed by atoms with Gasteiger partial charge in [0.25, 0.3) is 5.91 Å². The average molecular weight is 530 g/mol. The van der Waals surface area contributed by atoms with Gasteiger partial charge in [0.1, 0.15) is 17.7 Å².